The Labute approximate surface area is 159 Å². The molecule has 1 nitrogen and oxygen atoms in total. The monoisotopic (exact) mass is 347 g/mol. The Kier molecular flexibility index (Phi) is 7.84. The van der Waals surface area contributed by atoms with E-state index in [-0.39, 0.29) is 0 Å². The van der Waals surface area contributed by atoms with Gasteiger partial charge in [0, 0.05) is 17.5 Å². The van der Waals surface area contributed by atoms with Crippen LogP contribution < -0.4 is 0 Å². The quantitative estimate of drug-likeness (QED) is 0.449. The molecule has 0 saturated heterocycles. The molecule has 2 rings (SSSR count). The summed E-state index contributed by atoms with van der Waals surface area (Å²) in [6, 6.07) is 11.2. The van der Waals surface area contributed by atoms with Crippen molar-refractivity contribution in [2.75, 3.05) is 0 Å². The number of hydrogen-bond acceptors (Lipinski definition) is 1. The van der Waals surface area contributed by atoms with Crippen LogP contribution in [0.1, 0.15) is 70.2 Å². The molecule has 0 fully saturated rings. The van der Waals surface area contributed by atoms with E-state index in [1.165, 1.54) is 46.2 Å². The van der Waals surface area contributed by atoms with Gasteiger partial charge in [0.05, 0.1) is 0 Å². The fourth-order valence-corrected chi connectivity index (χ4v) is 3.43. The van der Waals surface area contributed by atoms with Crippen molar-refractivity contribution in [2.45, 2.75) is 66.7 Å². The lowest BCUT2D eigenvalue weighted by atomic mass is 9.88. The largest absolute Gasteiger partial charge is 0.261 e. The summed E-state index contributed by atoms with van der Waals surface area (Å²) in [7, 11) is 0. The number of aryl methyl sites for hydroxylation is 2. The summed E-state index contributed by atoms with van der Waals surface area (Å²) in [5, 5.41) is 0. The summed E-state index contributed by atoms with van der Waals surface area (Å²) in [6.07, 6.45) is 12.3. The third kappa shape index (κ3) is 5.17. The van der Waals surface area contributed by atoms with Crippen molar-refractivity contribution in [3.63, 3.8) is 0 Å². The number of hydrogen-bond donors (Lipinski definition) is 0. The van der Waals surface area contributed by atoms with Crippen LogP contribution in [0.4, 0.5) is 0 Å². The van der Waals surface area contributed by atoms with Gasteiger partial charge in [0.2, 0.25) is 0 Å². The van der Waals surface area contributed by atoms with Crippen LogP contribution in [-0.4, -0.2) is 4.98 Å². The Balaban J connectivity index is 2.52. The van der Waals surface area contributed by atoms with Crippen molar-refractivity contribution in [3.05, 3.63) is 71.1 Å². The highest BCUT2D eigenvalue weighted by Gasteiger charge is 2.11. The van der Waals surface area contributed by atoms with Gasteiger partial charge in [0.1, 0.15) is 0 Å². The number of nitrogens with zero attached hydrogens (tertiary/aromatic N) is 1. The Hall–Kier alpha value is -2.15. The van der Waals surface area contributed by atoms with Crippen LogP contribution in [0.15, 0.2) is 54.3 Å². The molecule has 1 aromatic carbocycles. The van der Waals surface area contributed by atoms with Crippen LogP contribution in [0.25, 0.3) is 16.7 Å². The predicted molar refractivity (Wildman–Crippen MR) is 115 cm³/mol. The first-order valence-corrected chi connectivity index (χ1v) is 9.99. The molecule has 0 spiro atoms. The summed E-state index contributed by atoms with van der Waals surface area (Å²) < 4.78 is 0. The lowest BCUT2D eigenvalue weighted by molar-refractivity contribution is 0.819. The zero-order valence-electron chi connectivity index (χ0n) is 17.1. The molecule has 0 aliphatic heterocycles. The molecule has 0 atom stereocenters. The Morgan fingerprint density at radius 1 is 1.04 bits per heavy atom. The van der Waals surface area contributed by atoms with Crippen LogP contribution >= 0.6 is 0 Å². The Bertz CT molecular complexity index is 763. The van der Waals surface area contributed by atoms with Gasteiger partial charge in [-0.2, -0.15) is 0 Å². The van der Waals surface area contributed by atoms with Gasteiger partial charge < -0.3 is 0 Å². The maximum absolute atomic E-state index is 4.46. The number of pyridine rings is 1. The van der Waals surface area contributed by atoms with Crippen molar-refractivity contribution in [1.29, 1.82) is 0 Å². The predicted octanol–water partition coefficient (Wildman–Crippen LogP) is 7.55. The Morgan fingerprint density at radius 3 is 2.42 bits per heavy atom. The summed E-state index contributed by atoms with van der Waals surface area (Å²) >= 11 is 0. The summed E-state index contributed by atoms with van der Waals surface area (Å²) in [5.74, 6) is 0. The van der Waals surface area contributed by atoms with Crippen molar-refractivity contribution in [2.24, 2.45) is 0 Å². The molecule has 0 radical (unpaired) electrons. The summed E-state index contributed by atoms with van der Waals surface area (Å²) in [4.78, 5) is 4.46. The fourth-order valence-electron chi connectivity index (χ4n) is 3.43. The van der Waals surface area contributed by atoms with Gasteiger partial charge in [0.15, 0.2) is 0 Å². The van der Waals surface area contributed by atoms with E-state index in [0.717, 1.165) is 25.0 Å². The molecule has 0 unspecified atom stereocenters. The van der Waals surface area contributed by atoms with E-state index < -0.39 is 0 Å². The first-order chi connectivity index (χ1) is 12.6. The number of benzene rings is 1. The average molecular weight is 348 g/mol. The van der Waals surface area contributed by atoms with Crippen molar-refractivity contribution in [1.82, 2.24) is 4.98 Å². The van der Waals surface area contributed by atoms with Gasteiger partial charge in [0.25, 0.3) is 0 Å². The molecular weight excluding hydrogens is 314 g/mol. The summed E-state index contributed by atoms with van der Waals surface area (Å²) in [6.45, 7) is 10.9. The second kappa shape index (κ2) is 10.1. The van der Waals surface area contributed by atoms with E-state index in [2.05, 4.69) is 75.2 Å². The van der Waals surface area contributed by atoms with Gasteiger partial charge in [-0.05, 0) is 73.9 Å². The molecule has 0 saturated carbocycles. The smallest absolute Gasteiger partial charge is 0.0373 e. The first kappa shape index (κ1) is 20.2. The third-order valence-electron chi connectivity index (χ3n) is 4.87. The highest BCUT2D eigenvalue weighted by molar-refractivity contribution is 5.76. The molecule has 0 bridgehead atoms. The standard InChI is InChI=1S/C25H33N/c1-6-9-12-24(19(4)10-7-2)25-16-15-21(17-22(25)11-8-3)23-14-13-20(5)26-18-23/h7,10,13-18H,6,8-9,11-12H2,1-5H3/b10-7-,24-19+. The molecule has 2 aromatic rings. The van der Waals surface area contributed by atoms with Crippen molar-refractivity contribution < 1.29 is 0 Å². The van der Waals surface area contributed by atoms with Crippen LogP contribution in [0.5, 0.6) is 0 Å². The molecule has 138 valence electrons. The molecular formula is C25H33N. The van der Waals surface area contributed by atoms with E-state index in [0.29, 0.717) is 0 Å². The third-order valence-corrected chi connectivity index (χ3v) is 4.87. The van der Waals surface area contributed by atoms with Crippen molar-refractivity contribution in [3.8, 4) is 11.1 Å². The van der Waals surface area contributed by atoms with Crippen LogP contribution in [0.3, 0.4) is 0 Å². The maximum atomic E-state index is 4.46. The zero-order valence-corrected chi connectivity index (χ0v) is 17.1. The number of allylic oxidation sites excluding steroid dienone is 4. The highest BCUT2D eigenvalue weighted by Crippen LogP contribution is 2.32. The number of unbranched alkanes of at least 4 members (excludes halogenated alkanes) is 1. The van der Waals surface area contributed by atoms with Gasteiger partial charge in [-0.1, -0.05) is 63.1 Å². The van der Waals surface area contributed by atoms with Crippen LogP contribution in [-0.2, 0) is 6.42 Å². The van der Waals surface area contributed by atoms with Crippen LogP contribution in [0.2, 0.25) is 0 Å². The van der Waals surface area contributed by atoms with Crippen molar-refractivity contribution >= 4 is 5.57 Å². The SMILES string of the molecule is C/C=C\C(C)=C(/CCCC)c1ccc(-c2ccc(C)nc2)cc1CCC. The molecule has 0 amide bonds. The van der Waals surface area contributed by atoms with Gasteiger partial charge in [-0.15, -0.1) is 0 Å². The average Bonchev–Trinajstić information content (AvgIpc) is 2.64. The zero-order chi connectivity index (χ0) is 18.9. The minimum Gasteiger partial charge on any atom is -0.261 e. The lowest BCUT2D eigenvalue weighted by Crippen LogP contribution is -1.97. The molecule has 1 aromatic heterocycles. The van der Waals surface area contributed by atoms with Gasteiger partial charge >= 0.3 is 0 Å². The normalized spacial score (nSPS) is 12.5. The summed E-state index contributed by atoms with van der Waals surface area (Å²) in [5.41, 5.74) is 9.31. The lowest BCUT2D eigenvalue weighted by Gasteiger charge is -2.17. The van der Waals surface area contributed by atoms with Crippen LogP contribution in [0, 0.1) is 6.92 Å². The Morgan fingerprint density at radius 2 is 1.81 bits per heavy atom. The molecule has 1 heteroatoms. The second-order valence-corrected chi connectivity index (χ2v) is 7.08. The van der Waals surface area contributed by atoms with Gasteiger partial charge in [-0.3, -0.25) is 4.98 Å². The van der Waals surface area contributed by atoms with E-state index in [9.17, 15) is 0 Å². The van der Waals surface area contributed by atoms with E-state index in [4.69, 9.17) is 0 Å². The molecule has 26 heavy (non-hydrogen) atoms. The minimum atomic E-state index is 1.06. The van der Waals surface area contributed by atoms with E-state index in [1.807, 2.05) is 13.1 Å². The highest BCUT2D eigenvalue weighted by atomic mass is 14.7. The minimum absolute atomic E-state index is 1.06. The molecule has 0 N–H and O–H groups in total. The van der Waals surface area contributed by atoms with E-state index >= 15 is 0 Å². The second-order valence-electron chi connectivity index (χ2n) is 7.08. The van der Waals surface area contributed by atoms with E-state index in [1.54, 1.807) is 0 Å². The first-order valence-electron chi connectivity index (χ1n) is 9.99. The number of aromatic nitrogens is 1. The van der Waals surface area contributed by atoms with Gasteiger partial charge in [-0.25, -0.2) is 0 Å². The topological polar surface area (TPSA) is 12.9 Å². The fraction of sp³-hybridized carbons (Fsp3) is 0.400. The molecule has 0 aliphatic rings. The molecule has 0 aliphatic carbocycles. The maximum Gasteiger partial charge on any atom is 0.0373 e. The number of rotatable bonds is 8. The molecule has 1 heterocycles.